The molecule has 0 bridgehead atoms. The van der Waals surface area contributed by atoms with E-state index in [4.69, 9.17) is 5.73 Å². The van der Waals surface area contributed by atoms with Crippen molar-refractivity contribution in [1.29, 1.82) is 0 Å². The fourth-order valence-electron chi connectivity index (χ4n) is 1.91. The minimum Gasteiger partial charge on any atom is -0.364 e. The molecular weight excluding hydrogens is 228 g/mol. The summed E-state index contributed by atoms with van der Waals surface area (Å²) in [5.41, 5.74) is 7.73. The lowest BCUT2D eigenvalue weighted by Gasteiger charge is -1.99. The van der Waals surface area contributed by atoms with Crippen LogP contribution in [0.3, 0.4) is 0 Å². The topological polar surface area (TPSA) is 73.3 Å². The summed E-state index contributed by atoms with van der Waals surface area (Å²) in [7, 11) is 0. The van der Waals surface area contributed by atoms with Crippen molar-refractivity contribution < 1.29 is 4.79 Å². The van der Waals surface area contributed by atoms with Gasteiger partial charge in [0.15, 0.2) is 11.3 Å². The third-order valence-corrected chi connectivity index (χ3v) is 2.67. The van der Waals surface area contributed by atoms with Crippen LogP contribution in [0.4, 0.5) is 0 Å². The van der Waals surface area contributed by atoms with Gasteiger partial charge in [-0.05, 0) is 12.1 Å². The molecule has 3 rings (SSSR count). The molecule has 2 N–H and O–H groups in total. The number of primary amides is 1. The monoisotopic (exact) mass is 238 g/mol. The van der Waals surface area contributed by atoms with Crippen LogP contribution in [0.25, 0.3) is 16.9 Å². The van der Waals surface area contributed by atoms with Gasteiger partial charge in [-0.25, -0.2) is 9.50 Å². The van der Waals surface area contributed by atoms with E-state index in [9.17, 15) is 4.79 Å². The number of hydrogen-bond acceptors (Lipinski definition) is 3. The number of nitrogens with two attached hydrogens (primary N) is 1. The first kappa shape index (κ1) is 10.5. The van der Waals surface area contributed by atoms with E-state index in [0.717, 1.165) is 5.56 Å². The third-order valence-electron chi connectivity index (χ3n) is 2.67. The quantitative estimate of drug-likeness (QED) is 0.735. The van der Waals surface area contributed by atoms with E-state index in [1.165, 1.54) is 4.52 Å². The van der Waals surface area contributed by atoms with Gasteiger partial charge in [-0.2, -0.15) is 5.10 Å². The van der Waals surface area contributed by atoms with Crippen LogP contribution >= 0.6 is 0 Å². The minimum absolute atomic E-state index is 0.303. The SMILES string of the molecule is NC(=O)c1c(-c2ccccc2)nc2cccnn12. The second-order valence-electron chi connectivity index (χ2n) is 3.83. The normalized spacial score (nSPS) is 10.7. The molecule has 0 atom stereocenters. The number of carbonyl (C=O) groups is 1. The number of rotatable bonds is 2. The Balaban J connectivity index is 2.36. The molecule has 0 saturated carbocycles. The summed E-state index contributed by atoms with van der Waals surface area (Å²) in [6.07, 6.45) is 1.59. The van der Waals surface area contributed by atoms with Crippen LogP contribution in [0.2, 0.25) is 0 Å². The summed E-state index contributed by atoms with van der Waals surface area (Å²) in [6, 6.07) is 13.0. The Kier molecular flexibility index (Phi) is 2.30. The Morgan fingerprint density at radius 3 is 2.61 bits per heavy atom. The Morgan fingerprint density at radius 1 is 1.11 bits per heavy atom. The molecule has 0 aliphatic carbocycles. The summed E-state index contributed by atoms with van der Waals surface area (Å²) in [6.45, 7) is 0. The molecule has 3 aromatic rings. The first-order valence-corrected chi connectivity index (χ1v) is 5.46. The zero-order chi connectivity index (χ0) is 12.5. The van der Waals surface area contributed by atoms with Gasteiger partial charge < -0.3 is 5.73 Å². The fourth-order valence-corrected chi connectivity index (χ4v) is 1.91. The van der Waals surface area contributed by atoms with Crippen molar-refractivity contribution in [2.75, 3.05) is 0 Å². The smallest absolute Gasteiger partial charge is 0.269 e. The molecule has 2 heterocycles. The molecule has 88 valence electrons. The number of hydrogen-bond donors (Lipinski definition) is 1. The van der Waals surface area contributed by atoms with Gasteiger partial charge in [-0.15, -0.1) is 0 Å². The molecule has 18 heavy (non-hydrogen) atoms. The molecule has 1 amide bonds. The van der Waals surface area contributed by atoms with Crippen molar-refractivity contribution >= 4 is 11.6 Å². The van der Waals surface area contributed by atoms with Crippen molar-refractivity contribution in [1.82, 2.24) is 14.6 Å². The number of amides is 1. The van der Waals surface area contributed by atoms with Crippen molar-refractivity contribution in [3.05, 3.63) is 54.4 Å². The van der Waals surface area contributed by atoms with Crippen molar-refractivity contribution in [2.24, 2.45) is 5.73 Å². The van der Waals surface area contributed by atoms with E-state index in [1.807, 2.05) is 30.3 Å². The van der Waals surface area contributed by atoms with E-state index < -0.39 is 5.91 Å². The average Bonchev–Trinajstić information content (AvgIpc) is 2.79. The van der Waals surface area contributed by atoms with Gasteiger partial charge in [0.25, 0.3) is 5.91 Å². The lowest BCUT2D eigenvalue weighted by molar-refractivity contribution is 0.0994. The molecule has 0 spiro atoms. The second-order valence-corrected chi connectivity index (χ2v) is 3.83. The van der Waals surface area contributed by atoms with E-state index in [1.54, 1.807) is 18.3 Å². The predicted octanol–water partition coefficient (Wildman–Crippen LogP) is 1.50. The molecular formula is C13H10N4O. The van der Waals surface area contributed by atoms with Gasteiger partial charge in [0.1, 0.15) is 5.69 Å². The molecule has 2 aromatic heterocycles. The average molecular weight is 238 g/mol. The Bertz CT molecular complexity index is 718. The highest BCUT2D eigenvalue weighted by Crippen LogP contribution is 2.23. The third kappa shape index (κ3) is 1.53. The van der Waals surface area contributed by atoms with Gasteiger partial charge >= 0.3 is 0 Å². The van der Waals surface area contributed by atoms with Crippen LogP contribution in [0.5, 0.6) is 0 Å². The van der Waals surface area contributed by atoms with Crippen molar-refractivity contribution in [3.63, 3.8) is 0 Å². The first-order valence-electron chi connectivity index (χ1n) is 5.46. The van der Waals surface area contributed by atoms with Crippen LogP contribution in [0.15, 0.2) is 48.7 Å². The van der Waals surface area contributed by atoms with Gasteiger partial charge in [0, 0.05) is 11.8 Å². The fraction of sp³-hybridized carbons (Fsp3) is 0. The Labute approximate surface area is 103 Å². The number of fused-ring (bicyclic) bond motifs is 1. The van der Waals surface area contributed by atoms with Crippen LogP contribution < -0.4 is 5.73 Å². The summed E-state index contributed by atoms with van der Waals surface area (Å²) in [4.78, 5) is 16.0. The molecule has 1 aromatic carbocycles. The zero-order valence-corrected chi connectivity index (χ0v) is 9.45. The summed E-state index contributed by atoms with van der Waals surface area (Å²) in [5, 5.41) is 4.10. The van der Waals surface area contributed by atoms with Crippen LogP contribution in [-0.2, 0) is 0 Å². The van der Waals surface area contributed by atoms with Crippen LogP contribution in [0.1, 0.15) is 10.5 Å². The van der Waals surface area contributed by atoms with Crippen molar-refractivity contribution in [3.8, 4) is 11.3 Å². The Morgan fingerprint density at radius 2 is 1.89 bits per heavy atom. The number of imidazole rings is 1. The highest BCUT2D eigenvalue weighted by atomic mass is 16.1. The summed E-state index contributed by atoms with van der Waals surface area (Å²) in [5.74, 6) is -0.542. The molecule has 0 fully saturated rings. The second kappa shape index (κ2) is 3.96. The highest BCUT2D eigenvalue weighted by molar-refractivity contribution is 5.98. The number of benzene rings is 1. The largest absolute Gasteiger partial charge is 0.364 e. The molecule has 0 aliphatic heterocycles. The maximum Gasteiger partial charge on any atom is 0.269 e. The summed E-state index contributed by atoms with van der Waals surface area (Å²) >= 11 is 0. The van der Waals surface area contributed by atoms with E-state index in [2.05, 4.69) is 10.1 Å². The summed E-state index contributed by atoms with van der Waals surface area (Å²) < 4.78 is 1.46. The Hall–Kier alpha value is -2.69. The first-order chi connectivity index (χ1) is 8.77. The standard InChI is InChI=1S/C13H10N4O/c14-13(18)12-11(9-5-2-1-3-6-9)16-10-7-4-8-15-17(10)12/h1-8H,(H2,14,18). The number of nitrogens with zero attached hydrogens (tertiary/aromatic N) is 3. The van der Waals surface area contributed by atoms with Gasteiger partial charge in [0.2, 0.25) is 0 Å². The number of carbonyl (C=O) groups excluding carboxylic acids is 1. The lowest BCUT2D eigenvalue weighted by atomic mass is 10.1. The van der Waals surface area contributed by atoms with Gasteiger partial charge in [-0.3, -0.25) is 4.79 Å². The van der Waals surface area contributed by atoms with Crippen molar-refractivity contribution in [2.45, 2.75) is 0 Å². The predicted molar refractivity (Wildman–Crippen MR) is 66.9 cm³/mol. The molecule has 5 heteroatoms. The molecule has 0 radical (unpaired) electrons. The molecule has 0 aliphatic rings. The minimum atomic E-state index is -0.542. The maximum absolute atomic E-state index is 11.6. The lowest BCUT2D eigenvalue weighted by Crippen LogP contribution is -2.15. The molecule has 5 nitrogen and oxygen atoms in total. The van der Waals surface area contributed by atoms with Crippen LogP contribution in [-0.4, -0.2) is 20.5 Å². The van der Waals surface area contributed by atoms with Crippen LogP contribution in [0, 0.1) is 0 Å². The van der Waals surface area contributed by atoms with E-state index in [-0.39, 0.29) is 0 Å². The zero-order valence-electron chi connectivity index (χ0n) is 9.45. The molecule has 0 saturated heterocycles. The molecule has 0 unspecified atom stereocenters. The maximum atomic E-state index is 11.6. The van der Waals surface area contributed by atoms with E-state index >= 15 is 0 Å². The van der Waals surface area contributed by atoms with E-state index in [0.29, 0.717) is 17.0 Å². The van der Waals surface area contributed by atoms with Gasteiger partial charge in [-0.1, -0.05) is 30.3 Å². The highest BCUT2D eigenvalue weighted by Gasteiger charge is 2.18. The van der Waals surface area contributed by atoms with Gasteiger partial charge in [0.05, 0.1) is 0 Å². The number of aromatic nitrogens is 3.